The van der Waals surface area contributed by atoms with Crippen molar-refractivity contribution in [3.63, 3.8) is 0 Å². The van der Waals surface area contributed by atoms with Crippen molar-refractivity contribution in [3.05, 3.63) is 41.5 Å². The summed E-state index contributed by atoms with van der Waals surface area (Å²) >= 11 is 0. The first-order valence-corrected chi connectivity index (χ1v) is 3.59. The standard InChI is InChI=1S/C10H6N2O/c11-6-9(7-12)10(13)8-4-2-1-3-5-8/h1-5,11H. The molecule has 3 nitrogen and oxygen atoms in total. The van der Waals surface area contributed by atoms with Crippen LogP contribution < -0.4 is 0 Å². The third-order valence-corrected chi connectivity index (χ3v) is 1.50. The molecule has 0 amide bonds. The van der Waals surface area contributed by atoms with E-state index in [0.717, 1.165) is 0 Å². The van der Waals surface area contributed by atoms with Gasteiger partial charge in [0.05, 0.1) is 0 Å². The summed E-state index contributed by atoms with van der Waals surface area (Å²) in [4.78, 5) is 11.4. The molecule has 0 saturated carbocycles. The van der Waals surface area contributed by atoms with Crippen molar-refractivity contribution in [1.82, 2.24) is 0 Å². The number of carbonyl (C=O) groups excluding carboxylic acids is 1. The van der Waals surface area contributed by atoms with Gasteiger partial charge in [-0.05, 0) is 0 Å². The maximum Gasteiger partial charge on any atom is 0.212 e. The Balaban J connectivity index is 3.08. The topological polar surface area (TPSA) is 64.7 Å². The Morgan fingerprint density at radius 1 is 1.31 bits per heavy atom. The van der Waals surface area contributed by atoms with E-state index in [1.54, 1.807) is 42.3 Å². The quantitative estimate of drug-likeness (QED) is 0.317. The average Bonchev–Trinajstić information content (AvgIpc) is 2.21. The Bertz CT molecular complexity index is 408. The van der Waals surface area contributed by atoms with Gasteiger partial charge >= 0.3 is 0 Å². The molecule has 1 N–H and O–H groups in total. The molecule has 0 fully saturated rings. The lowest BCUT2D eigenvalue weighted by molar-refractivity contribution is 0.104. The van der Waals surface area contributed by atoms with Gasteiger partial charge < -0.3 is 0 Å². The highest BCUT2D eigenvalue weighted by atomic mass is 16.1. The number of hydrogen-bond donors (Lipinski definition) is 1. The molecule has 0 aliphatic heterocycles. The molecule has 0 atom stereocenters. The Morgan fingerprint density at radius 2 is 1.92 bits per heavy atom. The van der Waals surface area contributed by atoms with Gasteiger partial charge in [0.2, 0.25) is 5.78 Å². The van der Waals surface area contributed by atoms with Crippen LogP contribution in [0.25, 0.3) is 0 Å². The molecule has 0 aromatic heterocycles. The van der Waals surface area contributed by atoms with Crippen LogP contribution in [-0.2, 0) is 0 Å². The number of benzene rings is 1. The summed E-state index contributed by atoms with van der Waals surface area (Å²) < 4.78 is 0. The van der Waals surface area contributed by atoms with Gasteiger partial charge in [-0.1, -0.05) is 30.3 Å². The number of rotatable bonds is 2. The van der Waals surface area contributed by atoms with Crippen LogP contribution in [0.2, 0.25) is 0 Å². The fourth-order valence-electron chi connectivity index (χ4n) is 0.869. The number of hydrogen-bond acceptors (Lipinski definition) is 3. The van der Waals surface area contributed by atoms with E-state index < -0.39 is 5.78 Å². The predicted octanol–water partition coefficient (Wildman–Crippen LogP) is 1.57. The summed E-state index contributed by atoms with van der Waals surface area (Å²) in [5, 5.41) is 15.2. The highest BCUT2D eigenvalue weighted by Crippen LogP contribution is 2.04. The second kappa shape index (κ2) is 4.01. The van der Waals surface area contributed by atoms with Crippen molar-refractivity contribution in [2.45, 2.75) is 0 Å². The van der Waals surface area contributed by atoms with E-state index in [9.17, 15) is 4.79 Å². The van der Waals surface area contributed by atoms with Crippen LogP contribution in [0.1, 0.15) is 10.4 Å². The van der Waals surface area contributed by atoms with Crippen LogP contribution in [-0.4, -0.2) is 11.7 Å². The lowest BCUT2D eigenvalue weighted by atomic mass is 10.1. The molecule has 1 aromatic carbocycles. The van der Waals surface area contributed by atoms with Crippen molar-refractivity contribution >= 4 is 11.7 Å². The first-order valence-electron chi connectivity index (χ1n) is 3.59. The molecule has 1 rings (SSSR count). The minimum atomic E-state index is -0.460. The SMILES string of the molecule is N#CC(=C=N)C(=O)c1ccccc1. The van der Waals surface area contributed by atoms with Crippen molar-refractivity contribution in [2.24, 2.45) is 0 Å². The Hall–Kier alpha value is -2.17. The normalized spacial score (nSPS) is 8.23. The smallest absolute Gasteiger partial charge is 0.212 e. The van der Waals surface area contributed by atoms with Gasteiger partial charge in [0.1, 0.15) is 6.07 Å². The van der Waals surface area contributed by atoms with Crippen LogP contribution in [0.4, 0.5) is 0 Å². The second-order valence-electron chi connectivity index (χ2n) is 2.31. The molecule has 0 radical (unpaired) electrons. The minimum Gasteiger partial charge on any atom is -0.287 e. The highest BCUT2D eigenvalue weighted by Gasteiger charge is 2.10. The van der Waals surface area contributed by atoms with Crippen molar-refractivity contribution < 1.29 is 4.79 Å². The van der Waals surface area contributed by atoms with Gasteiger partial charge in [0, 0.05) is 11.4 Å². The van der Waals surface area contributed by atoms with Crippen LogP contribution in [0.5, 0.6) is 0 Å². The minimum absolute atomic E-state index is 0.272. The van der Waals surface area contributed by atoms with E-state index in [4.69, 9.17) is 10.7 Å². The monoisotopic (exact) mass is 170 g/mol. The first kappa shape index (κ1) is 8.92. The molecule has 0 bridgehead atoms. The van der Waals surface area contributed by atoms with E-state index in [-0.39, 0.29) is 5.57 Å². The number of ketones is 1. The number of nitrogens with one attached hydrogen (secondary N) is 1. The molecule has 1 aromatic rings. The summed E-state index contributed by atoms with van der Waals surface area (Å²) in [6.07, 6.45) is 0. The highest BCUT2D eigenvalue weighted by molar-refractivity contribution is 6.16. The second-order valence-corrected chi connectivity index (χ2v) is 2.31. The van der Waals surface area contributed by atoms with E-state index in [1.165, 1.54) is 0 Å². The van der Waals surface area contributed by atoms with Gasteiger partial charge in [-0.25, -0.2) is 0 Å². The lowest BCUT2D eigenvalue weighted by Gasteiger charge is -1.94. The zero-order valence-electron chi connectivity index (χ0n) is 6.74. The fourth-order valence-corrected chi connectivity index (χ4v) is 0.869. The molecule has 3 heteroatoms. The molecule has 0 unspecified atom stereocenters. The van der Waals surface area contributed by atoms with Crippen LogP contribution >= 0.6 is 0 Å². The van der Waals surface area contributed by atoms with Crippen LogP contribution in [0, 0.1) is 16.7 Å². The Kier molecular flexibility index (Phi) is 2.75. The van der Waals surface area contributed by atoms with Gasteiger partial charge in [-0.15, -0.1) is 0 Å². The summed E-state index contributed by atoms with van der Waals surface area (Å²) in [5.74, 6) is 1.35. The number of Topliss-reactive ketones (excluding diaryl/α,β-unsaturated/α-hetero) is 1. The first-order chi connectivity index (χ1) is 6.29. The fraction of sp³-hybridized carbons (Fsp3) is 0. The molecule has 62 valence electrons. The van der Waals surface area contributed by atoms with Crippen molar-refractivity contribution in [1.29, 1.82) is 10.7 Å². The van der Waals surface area contributed by atoms with Crippen molar-refractivity contribution in [2.75, 3.05) is 0 Å². The molecule has 0 spiro atoms. The Labute approximate surface area is 75.4 Å². The summed E-state index contributed by atoms with van der Waals surface area (Å²) in [7, 11) is 0. The van der Waals surface area contributed by atoms with Gasteiger partial charge in [0.15, 0.2) is 5.57 Å². The summed E-state index contributed by atoms with van der Waals surface area (Å²) in [5.41, 5.74) is 0.130. The number of nitrogens with zero attached hydrogens (tertiary/aromatic N) is 1. The largest absolute Gasteiger partial charge is 0.287 e. The number of nitriles is 1. The maximum atomic E-state index is 11.4. The van der Waals surface area contributed by atoms with Gasteiger partial charge in [0.25, 0.3) is 0 Å². The molecule has 0 saturated heterocycles. The zero-order valence-corrected chi connectivity index (χ0v) is 6.74. The van der Waals surface area contributed by atoms with E-state index in [2.05, 4.69) is 0 Å². The van der Waals surface area contributed by atoms with E-state index in [1.807, 2.05) is 0 Å². The van der Waals surface area contributed by atoms with E-state index in [0.29, 0.717) is 5.56 Å². The number of allylic oxidation sites excluding steroid dienone is 1. The third kappa shape index (κ3) is 1.90. The average molecular weight is 170 g/mol. The number of carbonyl (C=O) groups is 1. The molecule has 0 aliphatic rings. The third-order valence-electron chi connectivity index (χ3n) is 1.50. The summed E-state index contributed by atoms with van der Waals surface area (Å²) in [6.45, 7) is 0. The molecular formula is C10H6N2O. The van der Waals surface area contributed by atoms with Crippen molar-refractivity contribution in [3.8, 4) is 6.07 Å². The van der Waals surface area contributed by atoms with Gasteiger partial charge in [-0.2, -0.15) is 5.26 Å². The molecule has 0 heterocycles. The van der Waals surface area contributed by atoms with Crippen LogP contribution in [0.3, 0.4) is 0 Å². The lowest BCUT2D eigenvalue weighted by Crippen LogP contribution is -2.01. The summed E-state index contributed by atoms with van der Waals surface area (Å²) in [6, 6.07) is 9.98. The van der Waals surface area contributed by atoms with Gasteiger partial charge in [-0.3, -0.25) is 10.2 Å². The molecule has 13 heavy (non-hydrogen) atoms. The van der Waals surface area contributed by atoms with E-state index >= 15 is 0 Å². The maximum absolute atomic E-state index is 11.4. The predicted molar refractivity (Wildman–Crippen MR) is 47.6 cm³/mol. The zero-order chi connectivity index (χ0) is 9.68. The molecular weight excluding hydrogens is 164 g/mol. The molecule has 0 aliphatic carbocycles. The Morgan fingerprint density at radius 3 is 2.38 bits per heavy atom. The van der Waals surface area contributed by atoms with Crippen LogP contribution in [0.15, 0.2) is 35.9 Å².